The number of fused-ring (bicyclic) bond motifs is 1. The number of benzene rings is 1. The number of aryl methyl sites for hydroxylation is 1. The van der Waals surface area contributed by atoms with E-state index in [0.29, 0.717) is 61.2 Å². The maximum absolute atomic E-state index is 14.6. The minimum atomic E-state index is -3.60. The van der Waals surface area contributed by atoms with E-state index in [0.717, 1.165) is 40.9 Å². The average Bonchev–Trinajstić information content (AvgIpc) is 3.66. The van der Waals surface area contributed by atoms with E-state index in [2.05, 4.69) is 34.1 Å². The number of nitrogens with zero attached hydrogens (tertiary/aromatic N) is 5. The molecule has 2 saturated carbocycles. The maximum atomic E-state index is 14.6. The van der Waals surface area contributed by atoms with Crippen molar-refractivity contribution in [2.24, 2.45) is 17.6 Å². The quantitative estimate of drug-likeness (QED) is 0.0637. The molecule has 2 aliphatic carbocycles. The molecule has 1 aliphatic heterocycles. The highest BCUT2D eigenvalue weighted by atomic mass is 32.2. The molecule has 19 heteroatoms. The van der Waals surface area contributed by atoms with Crippen LogP contribution in [0.1, 0.15) is 138 Å². The molecule has 1 unspecified atom stereocenters. The molecule has 1 saturated heterocycles. The Balaban J connectivity index is 1.04. The van der Waals surface area contributed by atoms with E-state index in [1.165, 1.54) is 16.2 Å². The molecule has 3 aromatic heterocycles. The van der Waals surface area contributed by atoms with Crippen molar-refractivity contribution in [1.82, 2.24) is 35.1 Å². The van der Waals surface area contributed by atoms with Crippen molar-refractivity contribution >= 4 is 55.9 Å². The summed E-state index contributed by atoms with van der Waals surface area (Å²) in [6.45, 7) is 9.81. The molecule has 3 fully saturated rings. The van der Waals surface area contributed by atoms with Gasteiger partial charge in [-0.25, -0.2) is 18.4 Å². The summed E-state index contributed by atoms with van der Waals surface area (Å²) in [4.78, 5) is 65.2. The van der Waals surface area contributed by atoms with Crippen LogP contribution in [0.5, 0.6) is 11.5 Å². The highest BCUT2D eigenvalue weighted by molar-refractivity contribution is 7.90. The lowest BCUT2D eigenvalue weighted by atomic mass is 9.94. The van der Waals surface area contributed by atoms with Crippen molar-refractivity contribution in [2.75, 3.05) is 13.7 Å². The minimum Gasteiger partial charge on any atom is -0.496 e. The van der Waals surface area contributed by atoms with E-state index in [1.54, 1.807) is 7.11 Å². The van der Waals surface area contributed by atoms with E-state index in [1.807, 2.05) is 56.5 Å². The number of thiazole rings is 1. The predicted octanol–water partition coefficient (Wildman–Crippen LogP) is 6.47. The Bertz CT molecular complexity index is 2530. The highest BCUT2D eigenvalue weighted by Crippen LogP contribution is 2.39. The number of pyridine rings is 1. The number of nitrogens with two attached hydrogens (primary N) is 1. The molecule has 4 N–H and O–H groups in total. The normalized spacial score (nSPS) is 20.5. The monoisotopic (exact) mass is 932 g/mol. The van der Waals surface area contributed by atoms with Crippen molar-refractivity contribution in [3.05, 3.63) is 58.8 Å². The summed E-state index contributed by atoms with van der Waals surface area (Å²) >= 11 is 1.49. The molecule has 0 spiro atoms. The van der Waals surface area contributed by atoms with Gasteiger partial charge in [-0.3, -0.25) is 23.9 Å². The van der Waals surface area contributed by atoms with Crippen LogP contribution in [0.2, 0.25) is 0 Å². The molecule has 4 heterocycles. The third-order valence-electron chi connectivity index (χ3n) is 12.5. The number of amides is 4. The summed E-state index contributed by atoms with van der Waals surface area (Å²) in [5.41, 5.74) is 9.01. The first-order valence-corrected chi connectivity index (χ1v) is 25.0. The van der Waals surface area contributed by atoms with Crippen LogP contribution >= 0.6 is 11.3 Å². The number of hydrogen-bond acceptors (Lipinski definition) is 14. The first-order chi connectivity index (χ1) is 31.0. The fourth-order valence-electron chi connectivity index (χ4n) is 8.57. The second kappa shape index (κ2) is 20.4. The van der Waals surface area contributed by atoms with Gasteiger partial charge >= 0.3 is 11.8 Å². The second-order valence-corrected chi connectivity index (χ2v) is 20.8. The second-order valence-electron chi connectivity index (χ2n) is 18.0. The van der Waals surface area contributed by atoms with Crippen LogP contribution in [0.25, 0.3) is 21.6 Å². The predicted molar refractivity (Wildman–Crippen MR) is 245 cm³/mol. The molecule has 4 amide bonds. The summed E-state index contributed by atoms with van der Waals surface area (Å²) in [5, 5.41) is 13.7. The van der Waals surface area contributed by atoms with Gasteiger partial charge in [0.15, 0.2) is 0 Å². The van der Waals surface area contributed by atoms with Crippen LogP contribution in [-0.2, 0) is 24.4 Å². The lowest BCUT2D eigenvalue weighted by molar-refractivity contribution is -0.139. The standard InChI is InChI=1S/C46H60N8O9S2/c1-25(2)35-24-64-45(50-35)34-22-38(32-19-20-37(61-6)27(5)39(32)48-34)62-29-21-36(40(47)55)54(23-29)46(58)33(49-42(57)44-52-51-43(63-44)26(3)4)16-11-9-7-8-10-13-28-14-12-15-31(28)41(56)53-65(59,60)30-17-18-30/h10,13,19-20,22,24-26,28-31,33,36H,7-9,11-12,14-18,21,23H2,1-6H3,(H2,47,55)(H,49,57)(H,53,56)/b13-10-/t28-,29-,31?,33+,36+/m1/s1. The van der Waals surface area contributed by atoms with Crippen LogP contribution in [0.4, 0.5) is 0 Å². The molecule has 0 radical (unpaired) electrons. The SMILES string of the molecule is COc1ccc2c(O[C@@H]3C[C@@H](C(N)=O)N(C(=O)[C@H](CCCCC/C=C\[C@@H]4CCCC4C(=O)NS(=O)(=O)C4CC4)NC(=O)c4nnc(C(C)C)o4)C3)cc(-c3nc(C(C)C)cs3)nc2c1C. The van der Waals surface area contributed by atoms with Gasteiger partial charge in [-0.05, 0) is 75.8 Å². The van der Waals surface area contributed by atoms with Gasteiger partial charge in [0, 0.05) is 40.7 Å². The Morgan fingerprint density at radius 2 is 1.80 bits per heavy atom. The number of sulfonamides is 1. The van der Waals surface area contributed by atoms with E-state index < -0.39 is 57.1 Å². The first kappa shape index (κ1) is 47.5. The molecule has 5 atom stereocenters. The van der Waals surface area contributed by atoms with Gasteiger partial charge in [-0.2, -0.15) is 0 Å². The number of aromatic nitrogens is 4. The molecule has 350 valence electrons. The van der Waals surface area contributed by atoms with Crippen molar-refractivity contribution in [3.8, 4) is 22.2 Å². The Morgan fingerprint density at radius 3 is 2.48 bits per heavy atom. The Labute approximate surface area is 383 Å². The number of hydrogen-bond donors (Lipinski definition) is 3. The van der Waals surface area contributed by atoms with E-state index >= 15 is 0 Å². The molecule has 0 bridgehead atoms. The molecule has 17 nitrogen and oxygen atoms in total. The van der Waals surface area contributed by atoms with E-state index in [-0.39, 0.29) is 54.8 Å². The zero-order valence-corrected chi connectivity index (χ0v) is 39.5. The van der Waals surface area contributed by atoms with E-state index in [4.69, 9.17) is 29.6 Å². The van der Waals surface area contributed by atoms with Crippen LogP contribution < -0.4 is 25.2 Å². The van der Waals surface area contributed by atoms with Crippen LogP contribution in [0.3, 0.4) is 0 Å². The summed E-state index contributed by atoms with van der Waals surface area (Å²) in [6, 6.07) is 3.49. The van der Waals surface area contributed by atoms with Gasteiger partial charge in [-0.1, -0.05) is 59.1 Å². The van der Waals surface area contributed by atoms with Gasteiger partial charge in [-0.15, -0.1) is 21.5 Å². The number of likely N-dealkylation sites (tertiary alicyclic amines) is 1. The largest absolute Gasteiger partial charge is 0.496 e. The Kier molecular flexibility index (Phi) is 14.9. The number of nitrogens with one attached hydrogen (secondary N) is 2. The zero-order valence-electron chi connectivity index (χ0n) is 37.9. The molecular weight excluding hydrogens is 873 g/mol. The summed E-state index contributed by atoms with van der Waals surface area (Å²) < 4.78 is 45.0. The van der Waals surface area contributed by atoms with Crippen molar-refractivity contribution < 1.29 is 41.5 Å². The highest BCUT2D eigenvalue weighted by Gasteiger charge is 2.43. The van der Waals surface area contributed by atoms with Crippen LogP contribution in [0.15, 0.2) is 40.1 Å². The van der Waals surface area contributed by atoms with Crippen LogP contribution in [-0.4, -0.2) is 94.2 Å². The van der Waals surface area contributed by atoms with Gasteiger partial charge in [0.25, 0.3) is 0 Å². The number of rotatable bonds is 20. The molecule has 65 heavy (non-hydrogen) atoms. The zero-order chi connectivity index (χ0) is 46.6. The molecule has 1 aromatic carbocycles. The van der Waals surface area contributed by atoms with Crippen LogP contribution in [0, 0.1) is 18.8 Å². The van der Waals surface area contributed by atoms with Crippen molar-refractivity contribution in [1.29, 1.82) is 0 Å². The van der Waals surface area contributed by atoms with Gasteiger partial charge in [0.2, 0.25) is 33.6 Å². The molecule has 3 aliphatic rings. The minimum absolute atomic E-state index is 0.0252. The third kappa shape index (κ3) is 11.2. The third-order valence-corrected chi connectivity index (χ3v) is 15.2. The topological polar surface area (TPSA) is 239 Å². The lowest BCUT2D eigenvalue weighted by Crippen LogP contribution is -2.53. The Hall–Kier alpha value is -5.43. The number of carbonyl (C=O) groups excluding carboxylic acids is 4. The number of unbranched alkanes of at least 4 members (excludes halogenated alkanes) is 3. The Morgan fingerprint density at radius 1 is 1.02 bits per heavy atom. The van der Waals surface area contributed by atoms with Gasteiger partial charge in [0.1, 0.15) is 40.4 Å². The molecule has 7 rings (SSSR count). The lowest BCUT2D eigenvalue weighted by Gasteiger charge is -2.27. The number of carbonyl (C=O) groups is 4. The molecular formula is C46H60N8O9S2. The van der Waals surface area contributed by atoms with Crippen molar-refractivity contribution in [2.45, 2.75) is 141 Å². The average molecular weight is 933 g/mol. The summed E-state index contributed by atoms with van der Waals surface area (Å²) in [7, 11) is -2.00. The first-order valence-electron chi connectivity index (χ1n) is 22.6. The maximum Gasteiger partial charge on any atom is 0.309 e. The molecule has 4 aromatic rings. The van der Waals surface area contributed by atoms with Gasteiger partial charge < -0.3 is 29.8 Å². The van der Waals surface area contributed by atoms with Crippen molar-refractivity contribution in [3.63, 3.8) is 0 Å². The summed E-state index contributed by atoms with van der Waals surface area (Å²) in [6.07, 6.45) is 10.0. The summed E-state index contributed by atoms with van der Waals surface area (Å²) in [5.74, 6) is -1.44. The van der Waals surface area contributed by atoms with E-state index in [9.17, 15) is 27.6 Å². The fraction of sp³-hybridized carbons (Fsp3) is 0.565. The number of allylic oxidation sites excluding steroid dienone is 2. The van der Waals surface area contributed by atoms with Gasteiger partial charge in [0.05, 0.1) is 30.1 Å². The number of primary amides is 1. The number of methoxy groups -OCH3 is 1. The smallest absolute Gasteiger partial charge is 0.309 e. The fourth-order valence-corrected chi connectivity index (χ4v) is 10.9. The number of ether oxygens (including phenoxy) is 2.